The molecule has 3 heteroatoms. The zero-order valence-corrected chi connectivity index (χ0v) is 8.68. The molecule has 0 aliphatic carbocycles. The lowest BCUT2D eigenvalue weighted by Crippen LogP contribution is -2.44. The Labute approximate surface area is 80.5 Å². The fraction of sp³-hybridized carbons (Fsp3) is 1.00. The molecule has 13 heavy (non-hydrogen) atoms. The van der Waals surface area contributed by atoms with E-state index in [1.54, 1.807) is 0 Å². The average molecular weight is 187 g/mol. The van der Waals surface area contributed by atoms with Crippen LogP contribution in [0.25, 0.3) is 0 Å². The number of aliphatic hydroxyl groups is 1. The number of nitrogens with one attached hydrogen (secondary N) is 1. The van der Waals surface area contributed by atoms with E-state index < -0.39 is 0 Å². The van der Waals surface area contributed by atoms with Gasteiger partial charge in [0.05, 0.1) is 12.7 Å². The first-order valence-electron chi connectivity index (χ1n) is 5.16. The van der Waals surface area contributed by atoms with E-state index in [2.05, 4.69) is 5.32 Å². The Morgan fingerprint density at radius 3 is 2.77 bits per heavy atom. The molecule has 0 aromatic carbocycles. The number of hydrogen-bond acceptors (Lipinski definition) is 3. The summed E-state index contributed by atoms with van der Waals surface area (Å²) in [6, 6.07) is 0. The molecule has 0 bridgehead atoms. The average Bonchev–Trinajstić information content (AvgIpc) is 2.53. The topological polar surface area (TPSA) is 41.5 Å². The van der Waals surface area contributed by atoms with Gasteiger partial charge in [-0.05, 0) is 39.7 Å². The SMILES string of the molecule is CC(C)OCCC1(CO)CCCN1. The number of aliphatic hydroxyl groups excluding tert-OH is 1. The third kappa shape index (κ3) is 3.25. The van der Waals surface area contributed by atoms with Crippen molar-refractivity contribution < 1.29 is 9.84 Å². The molecule has 1 aliphatic rings. The molecule has 1 rings (SSSR count). The van der Waals surface area contributed by atoms with E-state index in [0.29, 0.717) is 0 Å². The van der Waals surface area contributed by atoms with Crippen LogP contribution >= 0.6 is 0 Å². The van der Waals surface area contributed by atoms with E-state index in [9.17, 15) is 5.11 Å². The van der Waals surface area contributed by atoms with Crippen LogP contribution in [0.4, 0.5) is 0 Å². The lowest BCUT2D eigenvalue weighted by molar-refractivity contribution is 0.0504. The van der Waals surface area contributed by atoms with Crippen LogP contribution in [0.15, 0.2) is 0 Å². The van der Waals surface area contributed by atoms with Gasteiger partial charge in [0.1, 0.15) is 0 Å². The predicted octanol–water partition coefficient (Wildman–Crippen LogP) is 0.916. The Hall–Kier alpha value is -0.120. The Bertz CT molecular complexity index is 142. The zero-order chi connectivity index (χ0) is 9.73. The van der Waals surface area contributed by atoms with Crippen LogP contribution in [0.2, 0.25) is 0 Å². The van der Waals surface area contributed by atoms with Gasteiger partial charge in [-0.25, -0.2) is 0 Å². The van der Waals surface area contributed by atoms with Crippen molar-refractivity contribution in [1.82, 2.24) is 5.32 Å². The molecule has 1 unspecified atom stereocenters. The third-order valence-electron chi connectivity index (χ3n) is 2.67. The zero-order valence-electron chi connectivity index (χ0n) is 8.68. The molecule has 2 N–H and O–H groups in total. The van der Waals surface area contributed by atoms with Crippen molar-refractivity contribution in [2.75, 3.05) is 19.8 Å². The van der Waals surface area contributed by atoms with Crippen molar-refractivity contribution >= 4 is 0 Å². The fourth-order valence-electron chi connectivity index (χ4n) is 1.79. The largest absolute Gasteiger partial charge is 0.394 e. The van der Waals surface area contributed by atoms with Crippen molar-refractivity contribution in [3.63, 3.8) is 0 Å². The highest BCUT2D eigenvalue weighted by atomic mass is 16.5. The molecule has 1 fully saturated rings. The molecule has 1 saturated heterocycles. The van der Waals surface area contributed by atoms with Gasteiger partial charge < -0.3 is 15.2 Å². The van der Waals surface area contributed by atoms with E-state index >= 15 is 0 Å². The van der Waals surface area contributed by atoms with Gasteiger partial charge in [0.15, 0.2) is 0 Å². The molecule has 0 amide bonds. The Morgan fingerprint density at radius 2 is 2.31 bits per heavy atom. The predicted molar refractivity (Wildman–Crippen MR) is 52.8 cm³/mol. The number of rotatable bonds is 5. The second kappa shape index (κ2) is 4.94. The summed E-state index contributed by atoms with van der Waals surface area (Å²) in [6.45, 7) is 6.07. The maximum Gasteiger partial charge on any atom is 0.0614 e. The molecular weight excluding hydrogens is 166 g/mol. The van der Waals surface area contributed by atoms with Crippen LogP contribution in [0.1, 0.15) is 33.1 Å². The van der Waals surface area contributed by atoms with Gasteiger partial charge >= 0.3 is 0 Å². The summed E-state index contributed by atoms with van der Waals surface area (Å²) in [6.07, 6.45) is 3.45. The van der Waals surface area contributed by atoms with Crippen LogP contribution in [-0.4, -0.2) is 36.5 Å². The molecule has 0 spiro atoms. The van der Waals surface area contributed by atoms with Gasteiger partial charge in [0.2, 0.25) is 0 Å². The Morgan fingerprint density at radius 1 is 1.54 bits per heavy atom. The molecular formula is C10H21NO2. The van der Waals surface area contributed by atoms with Gasteiger partial charge in [0, 0.05) is 12.1 Å². The second-order valence-corrected chi connectivity index (χ2v) is 4.14. The summed E-state index contributed by atoms with van der Waals surface area (Å²) in [5.74, 6) is 0. The highest BCUT2D eigenvalue weighted by Crippen LogP contribution is 2.22. The van der Waals surface area contributed by atoms with Gasteiger partial charge in [-0.1, -0.05) is 0 Å². The third-order valence-corrected chi connectivity index (χ3v) is 2.67. The molecule has 1 atom stereocenters. The summed E-state index contributed by atoms with van der Waals surface area (Å²) in [5, 5.41) is 12.6. The minimum absolute atomic E-state index is 0.0467. The smallest absolute Gasteiger partial charge is 0.0614 e. The van der Waals surface area contributed by atoms with Crippen LogP contribution < -0.4 is 5.32 Å². The van der Waals surface area contributed by atoms with Crippen LogP contribution in [-0.2, 0) is 4.74 Å². The highest BCUT2D eigenvalue weighted by molar-refractivity contribution is 4.92. The lowest BCUT2D eigenvalue weighted by Gasteiger charge is -2.27. The maximum absolute atomic E-state index is 9.26. The number of ether oxygens (including phenoxy) is 1. The van der Waals surface area contributed by atoms with Crippen molar-refractivity contribution in [1.29, 1.82) is 0 Å². The van der Waals surface area contributed by atoms with Gasteiger partial charge in [-0.2, -0.15) is 0 Å². The van der Waals surface area contributed by atoms with Crippen LogP contribution in [0, 0.1) is 0 Å². The minimum Gasteiger partial charge on any atom is -0.394 e. The summed E-state index contributed by atoms with van der Waals surface area (Å²) in [7, 11) is 0. The van der Waals surface area contributed by atoms with Gasteiger partial charge in [-0.3, -0.25) is 0 Å². The first-order valence-corrected chi connectivity index (χ1v) is 5.16. The highest BCUT2D eigenvalue weighted by Gasteiger charge is 2.32. The Kier molecular flexibility index (Phi) is 4.16. The van der Waals surface area contributed by atoms with Crippen molar-refractivity contribution in [2.24, 2.45) is 0 Å². The molecule has 0 saturated carbocycles. The first kappa shape index (κ1) is 11.0. The molecule has 1 aliphatic heterocycles. The van der Waals surface area contributed by atoms with Crippen molar-refractivity contribution in [3.05, 3.63) is 0 Å². The van der Waals surface area contributed by atoms with E-state index in [0.717, 1.165) is 26.0 Å². The monoisotopic (exact) mass is 187 g/mol. The van der Waals surface area contributed by atoms with Crippen LogP contribution in [0.5, 0.6) is 0 Å². The normalized spacial score (nSPS) is 28.6. The molecule has 78 valence electrons. The lowest BCUT2D eigenvalue weighted by atomic mass is 9.95. The number of hydrogen-bond donors (Lipinski definition) is 2. The summed E-state index contributed by atoms with van der Waals surface area (Å²) < 4.78 is 5.48. The summed E-state index contributed by atoms with van der Waals surface area (Å²) in [5.41, 5.74) is -0.0467. The first-order chi connectivity index (χ1) is 6.18. The molecule has 3 nitrogen and oxygen atoms in total. The summed E-state index contributed by atoms with van der Waals surface area (Å²) in [4.78, 5) is 0. The van der Waals surface area contributed by atoms with Crippen LogP contribution in [0.3, 0.4) is 0 Å². The van der Waals surface area contributed by atoms with Gasteiger partial charge in [-0.15, -0.1) is 0 Å². The van der Waals surface area contributed by atoms with Crippen molar-refractivity contribution in [3.8, 4) is 0 Å². The molecule has 0 aromatic heterocycles. The fourth-order valence-corrected chi connectivity index (χ4v) is 1.79. The standard InChI is InChI=1S/C10H21NO2/c1-9(2)13-7-5-10(8-12)4-3-6-11-10/h9,11-12H,3-8H2,1-2H3. The molecule has 0 radical (unpaired) electrons. The minimum atomic E-state index is -0.0467. The van der Waals surface area contributed by atoms with E-state index in [-0.39, 0.29) is 18.2 Å². The summed E-state index contributed by atoms with van der Waals surface area (Å²) >= 11 is 0. The van der Waals surface area contributed by atoms with Crippen molar-refractivity contribution in [2.45, 2.75) is 44.8 Å². The van der Waals surface area contributed by atoms with Gasteiger partial charge in [0.25, 0.3) is 0 Å². The molecule has 0 aromatic rings. The Balaban J connectivity index is 2.23. The van der Waals surface area contributed by atoms with E-state index in [4.69, 9.17) is 4.74 Å². The van der Waals surface area contributed by atoms with E-state index in [1.165, 1.54) is 6.42 Å². The second-order valence-electron chi connectivity index (χ2n) is 4.14. The quantitative estimate of drug-likeness (QED) is 0.672. The van der Waals surface area contributed by atoms with E-state index in [1.807, 2.05) is 13.8 Å². The molecule has 1 heterocycles. The maximum atomic E-state index is 9.26.